The van der Waals surface area contributed by atoms with E-state index >= 15 is 0 Å². The van der Waals surface area contributed by atoms with E-state index in [9.17, 15) is 0 Å². The second-order valence-corrected chi connectivity index (χ2v) is 5.83. The van der Waals surface area contributed by atoms with Gasteiger partial charge in [0.05, 0.1) is 6.04 Å². The van der Waals surface area contributed by atoms with Crippen LogP contribution >= 0.6 is 24.0 Å². The summed E-state index contributed by atoms with van der Waals surface area (Å²) in [6.45, 7) is 7.23. The monoisotopic (exact) mass is 418 g/mol. The van der Waals surface area contributed by atoms with Crippen LogP contribution in [0.3, 0.4) is 0 Å². The molecule has 1 aromatic carbocycles. The molecule has 1 aromatic rings. The number of benzene rings is 1. The Balaban J connectivity index is 0.00000441. The molecule has 5 heteroatoms. The third-order valence-corrected chi connectivity index (χ3v) is 3.51. The number of halogens is 1. The number of nitrogens with zero attached hydrogens (tertiary/aromatic N) is 2. The molecule has 2 N–H and O–H groups in total. The Kier molecular flexibility index (Phi) is 10.4. The van der Waals surface area contributed by atoms with Crippen LogP contribution in [0.5, 0.6) is 0 Å². The topological polar surface area (TPSA) is 39.7 Å². The largest absolute Gasteiger partial charge is 0.354 e. The number of hydrogen-bond acceptors (Lipinski definition) is 2. The van der Waals surface area contributed by atoms with Gasteiger partial charge >= 0.3 is 0 Å². The molecular formula is C17H31IN4. The van der Waals surface area contributed by atoms with Crippen LogP contribution in [-0.2, 0) is 6.42 Å². The van der Waals surface area contributed by atoms with Gasteiger partial charge < -0.3 is 15.5 Å². The van der Waals surface area contributed by atoms with Gasteiger partial charge in [-0.15, -0.1) is 24.0 Å². The van der Waals surface area contributed by atoms with Crippen LogP contribution in [0.1, 0.15) is 37.9 Å². The summed E-state index contributed by atoms with van der Waals surface area (Å²) in [5, 5.41) is 6.72. The van der Waals surface area contributed by atoms with Gasteiger partial charge in [-0.3, -0.25) is 4.99 Å². The third kappa shape index (κ3) is 6.96. The number of nitrogens with one attached hydrogen (secondary N) is 2. The average molecular weight is 418 g/mol. The molecule has 1 unspecified atom stereocenters. The summed E-state index contributed by atoms with van der Waals surface area (Å²) in [6, 6.07) is 9.58. The van der Waals surface area contributed by atoms with Crippen LogP contribution in [0.15, 0.2) is 29.3 Å². The minimum atomic E-state index is 0. The van der Waals surface area contributed by atoms with Crippen LogP contribution < -0.4 is 10.6 Å². The lowest BCUT2D eigenvalue weighted by atomic mass is 10.0. The predicted molar refractivity (Wildman–Crippen MR) is 107 cm³/mol. The molecule has 0 bridgehead atoms. The van der Waals surface area contributed by atoms with Crippen LogP contribution in [0.2, 0.25) is 0 Å². The molecule has 0 aliphatic carbocycles. The Labute approximate surface area is 152 Å². The van der Waals surface area contributed by atoms with E-state index in [1.165, 1.54) is 11.1 Å². The predicted octanol–water partition coefficient (Wildman–Crippen LogP) is 3.04. The van der Waals surface area contributed by atoms with Crippen LogP contribution in [0.4, 0.5) is 0 Å². The SMILES string of the molecule is CCc1ccc(C(CNC(=NC)NC(C)C)N(C)C)cc1.I. The summed E-state index contributed by atoms with van der Waals surface area (Å²) in [5.74, 6) is 0.849. The fourth-order valence-electron chi connectivity index (χ4n) is 2.24. The van der Waals surface area contributed by atoms with Crippen LogP contribution in [0.25, 0.3) is 0 Å². The van der Waals surface area contributed by atoms with Crippen molar-refractivity contribution in [2.24, 2.45) is 4.99 Å². The fraction of sp³-hybridized carbons (Fsp3) is 0.588. The number of aliphatic imine (C=N–C) groups is 1. The maximum Gasteiger partial charge on any atom is 0.191 e. The Morgan fingerprint density at radius 1 is 1.18 bits per heavy atom. The third-order valence-electron chi connectivity index (χ3n) is 3.51. The first kappa shape index (κ1) is 21.2. The molecule has 0 saturated carbocycles. The second kappa shape index (κ2) is 10.8. The highest BCUT2D eigenvalue weighted by molar-refractivity contribution is 14.0. The summed E-state index contributed by atoms with van der Waals surface area (Å²) in [6.07, 6.45) is 1.08. The number of hydrogen-bond donors (Lipinski definition) is 2. The van der Waals surface area contributed by atoms with Gasteiger partial charge in [0.25, 0.3) is 0 Å². The van der Waals surface area contributed by atoms with Crippen molar-refractivity contribution in [3.05, 3.63) is 35.4 Å². The molecule has 0 saturated heterocycles. The van der Waals surface area contributed by atoms with Crippen molar-refractivity contribution in [3.63, 3.8) is 0 Å². The normalized spacial score (nSPS) is 13.0. The number of likely N-dealkylation sites (N-methyl/N-ethyl adjacent to an activating group) is 1. The standard InChI is InChI=1S/C17H30N4.HI/c1-7-14-8-10-15(11-9-14)16(21(5)6)12-19-17(18-4)20-13(2)3;/h8-11,13,16H,7,12H2,1-6H3,(H2,18,19,20);1H. The molecule has 22 heavy (non-hydrogen) atoms. The Hall–Kier alpha value is -0.820. The molecule has 126 valence electrons. The molecular weight excluding hydrogens is 387 g/mol. The highest BCUT2D eigenvalue weighted by Crippen LogP contribution is 2.18. The van der Waals surface area contributed by atoms with E-state index in [1.807, 2.05) is 0 Å². The van der Waals surface area contributed by atoms with Crippen molar-refractivity contribution in [1.82, 2.24) is 15.5 Å². The van der Waals surface area contributed by atoms with Gasteiger partial charge in [0, 0.05) is 19.6 Å². The zero-order valence-electron chi connectivity index (χ0n) is 14.7. The van der Waals surface area contributed by atoms with Crippen molar-refractivity contribution in [2.45, 2.75) is 39.3 Å². The Morgan fingerprint density at radius 3 is 2.18 bits per heavy atom. The molecule has 0 radical (unpaired) electrons. The summed E-state index contributed by atoms with van der Waals surface area (Å²) < 4.78 is 0. The number of aryl methyl sites for hydroxylation is 1. The van der Waals surface area contributed by atoms with Crippen molar-refractivity contribution < 1.29 is 0 Å². The Morgan fingerprint density at radius 2 is 1.77 bits per heavy atom. The molecule has 0 amide bonds. The molecule has 0 aliphatic heterocycles. The van der Waals surface area contributed by atoms with Crippen LogP contribution in [0, 0.1) is 0 Å². The van der Waals surface area contributed by atoms with Gasteiger partial charge in [-0.1, -0.05) is 31.2 Å². The first-order valence-corrected chi connectivity index (χ1v) is 7.70. The molecule has 0 aliphatic rings. The molecule has 1 atom stereocenters. The molecule has 4 nitrogen and oxygen atoms in total. The number of guanidine groups is 1. The van der Waals surface area contributed by atoms with Gasteiger partial charge in [0.1, 0.15) is 0 Å². The van der Waals surface area contributed by atoms with E-state index in [-0.39, 0.29) is 24.0 Å². The summed E-state index contributed by atoms with van der Waals surface area (Å²) in [5.41, 5.74) is 2.70. The lowest BCUT2D eigenvalue weighted by molar-refractivity contribution is 0.298. The Bertz CT molecular complexity index is 440. The molecule has 0 fully saturated rings. The van der Waals surface area contributed by atoms with E-state index in [0.29, 0.717) is 12.1 Å². The zero-order chi connectivity index (χ0) is 15.8. The summed E-state index contributed by atoms with van der Waals surface area (Å²) >= 11 is 0. The second-order valence-electron chi connectivity index (χ2n) is 5.83. The minimum Gasteiger partial charge on any atom is -0.354 e. The molecule has 1 rings (SSSR count). The van der Waals surface area contributed by atoms with Gasteiger partial charge in [0.2, 0.25) is 0 Å². The van der Waals surface area contributed by atoms with Crippen molar-refractivity contribution in [3.8, 4) is 0 Å². The lowest BCUT2D eigenvalue weighted by Crippen LogP contribution is -2.44. The van der Waals surface area contributed by atoms with Gasteiger partial charge in [-0.25, -0.2) is 0 Å². The zero-order valence-corrected chi connectivity index (χ0v) is 17.0. The summed E-state index contributed by atoms with van der Waals surface area (Å²) in [4.78, 5) is 6.49. The van der Waals surface area contributed by atoms with E-state index in [0.717, 1.165) is 18.9 Å². The molecule has 0 spiro atoms. The summed E-state index contributed by atoms with van der Waals surface area (Å²) in [7, 11) is 6.02. The quantitative estimate of drug-likeness (QED) is 0.424. The molecule has 0 aromatic heterocycles. The minimum absolute atomic E-state index is 0. The maximum absolute atomic E-state index is 4.26. The van der Waals surface area contributed by atoms with Crippen molar-refractivity contribution in [2.75, 3.05) is 27.7 Å². The van der Waals surface area contributed by atoms with Gasteiger partial charge in [-0.2, -0.15) is 0 Å². The first-order valence-electron chi connectivity index (χ1n) is 7.70. The fourth-order valence-corrected chi connectivity index (χ4v) is 2.24. The number of rotatable bonds is 6. The average Bonchev–Trinajstić information content (AvgIpc) is 2.46. The molecule has 0 heterocycles. The highest BCUT2D eigenvalue weighted by Gasteiger charge is 2.14. The first-order chi connectivity index (χ1) is 9.97. The van der Waals surface area contributed by atoms with Crippen molar-refractivity contribution >= 4 is 29.9 Å². The van der Waals surface area contributed by atoms with E-state index in [1.54, 1.807) is 7.05 Å². The van der Waals surface area contributed by atoms with Gasteiger partial charge in [-0.05, 0) is 45.5 Å². The maximum atomic E-state index is 4.26. The highest BCUT2D eigenvalue weighted by atomic mass is 127. The van der Waals surface area contributed by atoms with E-state index in [4.69, 9.17) is 0 Å². The van der Waals surface area contributed by atoms with Gasteiger partial charge in [0.15, 0.2) is 5.96 Å². The van der Waals surface area contributed by atoms with Crippen LogP contribution in [-0.4, -0.2) is 44.6 Å². The smallest absolute Gasteiger partial charge is 0.191 e. The van der Waals surface area contributed by atoms with E-state index in [2.05, 4.69) is 79.7 Å². The lowest BCUT2D eigenvalue weighted by Gasteiger charge is -2.26. The van der Waals surface area contributed by atoms with E-state index < -0.39 is 0 Å². The van der Waals surface area contributed by atoms with Crippen molar-refractivity contribution in [1.29, 1.82) is 0 Å².